The molecular weight excluding hydrogens is 354 g/mol. The van der Waals surface area contributed by atoms with Gasteiger partial charge in [0.05, 0.1) is 17.3 Å². The van der Waals surface area contributed by atoms with E-state index in [9.17, 15) is 9.59 Å². The van der Waals surface area contributed by atoms with Crippen LogP contribution in [-0.4, -0.2) is 19.1 Å². The first-order valence-electron chi connectivity index (χ1n) is 8.77. The fourth-order valence-electron chi connectivity index (χ4n) is 3.00. The molecule has 138 valence electrons. The maximum atomic E-state index is 12.4. The van der Waals surface area contributed by atoms with Crippen LogP contribution in [0.15, 0.2) is 33.9 Å². The SMILES string of the molecule is CCCCn1c(=O)[nH]c(=O)c2c1nc(CNc1ccccc1Cl)n2CC. The van der Waals surface area contributed by atoms with Gasteiger partial charge in [-0.15, -0.1) is 0 Å². The van der Waals surface area contributed by atoms with E-state index in [0.29, 0.717) is 41.6 Å². The maximum absolute atomic E-state index is 12.4. The molecule has 2 heterocycles. The topological polar surface area (TPSA) is 84.7 Å². The second kappa shape index (κ2) is 7.78. The van der Waals surface area contributed by atoms with Gasteiger partial charge in [-0.2, -0.15) is 0 Å². The zero-order valence-corrected chi connectivity index (χ0v) is 15.6. The van der Waals surface area contributed by atoms with Crippen molar-refractivity contribution in [1.29, 1.82) is 0 Å². The summed E-state index contributed by atoms with van der Waals surface area (Å²) in [6.45, 7) is 5.50. The summed E-state index contributed by atoms with van der Waals surface area (Å²) >= 11 is 6.18. The van der Waals surface area contributed by atoms with Crippen LogP contribution in [0.4, 0.5) is 5.69 Å². The number of para-hydroxylation sites is 1. The predicted molar refractivity (Wildman–Crippen MR) is 104 cm³/mol. The number of nitrogens with one attached hydrogen (secondary N) is 2. The molecule has 2 N–H and O–H groups in total. The second-order valence-electron chi connectivity index (χ2n) is 6.04. The number of rotatable bonds is 7. The van der Waals surface area contributed by atoms with Gasteiger partial charge in [0.15, 0.2) is 11.2 Å². The van der Waals surface area contributed by atoms with Crippen molar-refractivity contribution in [3.05, 3.63) is 56.0 Å². The number of imidazole rings is 1. The lowest BCUT2D eigenvalue weighted by Crippen LogP contribution is -2.31. The number of fused-ring (bicyclic) bond motifs is 1. The van der Waals surface area contributed by atoms with Crippen LogP contribution < -0.4 is 16.6 Å². The Kier molecular flexibility index (Phi) is 5.46. The van der Waals surface area contributed by atoms with E-state index in [1.54, 1.807) is 10.6 Å². The van der Waals surface area contributed by atoms with E-state index in [-0.39, 0.29) is 0 Å². The number of halogens is 1. The molecule has 3 rings (SSSR count). The van der Waals surface area contributed by atoms with E-state index in [4.69, 9.17) is 11.6 Å². The molecule has 0 aliphatic carbocycles. The van der Waals surface area contributed by atoms with Gasteiger partial charge in [-0.25, -0.2) is 9.78 Å². The molecule has 0 saturated heterocycles. The zero-order chi connectivity index (χ0) is 18.7. The van der Waals surface area contributed by atoms with Crippen LogP contribution >= 0.6 is 11.6 Å². The van der Waals surface area contributed by atoms with Gasteiger partial charge in [0, 0.05) is 13.1 Å². The second-order valence-corrected chi connectivity index (χ2v) is 6.45. The first-order chi connectivity index (χ1) is 12.6. The molecule has 0 atom stereocenters. The summed E-state index contributed by atoms with van der Waals surface area (Å²) in [5, 5.41) is 3.86. The molecule has 7 nitrogen and oxygen atoms in total. The Hall–Kier alpha value is -2.54. The monoisotopic (exact) mass is 375 g/mol. The van der Waals surface area contributed by atoms with Crippen molar-refractivity contribution >= 4 is 28.5 Å². The average molecular weight is 376 g/mol. The molecule has 0 fully saturated rings. The lowest BCUT2D eigenvalue weighted by atomic mass is 10.3. The molecule has 0 aliphatic heterocycles. The Morgan fingerprint density at radius 2 is 1.96 bits per heavy atom. The molecule has 2 aromatic heterocycles. The maximum Gasteiger partial charge on any atom is 0.330 e. The van der Waals surface area contributed by atoms with E-state index < -0.39 is 11.2 Å². The van der Waals surface area contributed by atoms with Crippen LogP contribution in [0.25, 0.3) is 11.2 Å². The largest absolute Gasteiger partial charge is 0.377 e. The smallest absolute Gasteiger partial charge is 0.330 e. The molecule has 0 bridgehead atoms. The molecule has 26 heavy (non-hydrogen) atoms. The zero-order valence-electron chi connectivity index (χ0n) is 14.9. The Labute approximate surface area is 155 Å². The van der Waals surface area contributed by atoms with Crippen molar-refractivity contribution in [3.63, 3.8) is 0 Å². The van der Waals surface area contributed by atoms with Crippen LogP contribution in [0, 0.1) is 0 Å². The lowest BCUT2D eigenvalue weighted by Gasteiger charge is -2.09. The molecule has 0 spiro atoms. The number of benzene rings is 1. The minimum Gasteiger partial charge on any atom is -0.377 e. The number of aromatic nitrogens is 4. The summed E-state index contributed by atoms with van der Waals surface area (Å²) in [5.74, 6) is 0.684. The normalized spacial score (nSPS) is 11.2. The van der Waals surface area contributed by atoms with E-state index in [0.717, 1.165) is 18.5 Å². The molecule has 3 aromatic rings. The third-order valence-corrected chi connectivity index (χ3v) is 4.66. The van der Waals surface area contributed by atoms with Gasteiger partial charge in [0.1, 0.15) is 5.82 Å². The first-order valence-corrected chi connectivity index (χ1v) is 9.15. The third-order valence-electron chi connectivity index (χ3n) is 4.33. The highest BCUT2D eigenvalue weighted by molar-refractivity contribution is 6.33. The minimum atomic E-state index is -0.415. The number of anilines is 1. The summed E-state index contributed by atoms with van der Waals surface area (Å²) in [6, 6.07) is 7.44. The molecule has 1 aromatic carbocycles. The van der Waals surface area contributed by atoms with Gasteiger partial charge >= 0.3 is 5.69 Å². The summed E-state index contributed by atoms with van der Waals surface area (Å²) in [4.78, 5) is 31.6. The van der Waals surface area contributed by atoms with Crippen molar-refractivity contribution in [2.75, 3.05) is 5.32 Å². The van der Waals surface area contributed by atoms with Gasteiger partial charge in [0.2, 0.25) is 0 Å². The van der Waals surface area contributed by atoms with Crippen molar-refractivity contribution in [2.24, 2.45) is 0 Å². The Bertz CT molecular complexity index is 1030. The Morgan fingerprint density at radius 3 is 2.65 bits per heavy atom. The standard InChI is InChI=1S/C18H22ClN5O2/c1-3-5-10-24-16-15(17(25)22-18(24)26)23(4-2)14(21-16)11-20-13-9-7-6-8-12(13)19/h6-9,20H,3-5,10-11H2,1-2H3,(H,22,25,26). The molecule has 0 aliphatic rings. The van der Waals surface area contributed by atoms with Gasteiger partial charge < -0.3 is 9.88 Å². The van der Waals surface area contributed by atoms with E-state index in [1.807, 2.05) is 29.7 Å². The van der Waals surface area contributed by atoms with Crippen LogP contribution in [-0.2, 0) is 19.6 Å². The number of unbranched alkanes of at least 4 members (excludes halogenated alkanes) is 1. The lowest BCUT2D eigenvalue weighted by molar-refractivity contribution is 0.613. The molecule has 8 heteroatoms. The van der Waals surface area contributed by atoms with Crippen LogP contribution in [0.2, 0.25) is 5.02 Å². The Balaban J connectivity index is 2.05. The predicted octanol–water partition coefficient (Wildman–Crippen LogP) is 2.97. The van der Waals surface area contributed by atoms with Gasteiger partial charge in [0.25, 0.3) is 5.56 Å². The van der Waals surface area contributed by atoms with Crippen LogP contribution in [0.5, 0.6) is 0 Å². The number of hydrogen-bond acceptors (Lipinski definition) is 4. The molecule has 0 unspecified atom stereocenters. The van der Waals surface area contributed by atoms with Gasteiger partial charge in [-0.3, -0.25) is 14.3 Å². The minimum absolute atomic E-state index is 0.396. The summed E-state index contributed by atoms with van der Waals surface area (Å²) in [5.41, 5.74) is 0.837. The number of hydrogen-bond donors (Lipinski definition) is 2. The van der Waals surface area contributed by atoms with Gasteiger partial charge in [-0.05, 0) is 25.5 Å². The number of aromatic amines is 1. The molecular formula is C18H22ClN5O2. The molecule has 0 radical (unpaired) electrons. The van der Waals surface area contributed by atoms with Crippen molar-refractivity contribution in [1.82, 2.24) is 19.1 Å². The fourth-order valence-corrected chi connectivity index (χ4v) is 3.20. The van der Waals surface area contributed by atoms with E-state index in [2.05, 4.69) is 22.2 Å². The van der Waals surface area contributed by atoms with Crippen molar-refractivity contribution < 1.29 is 0 Å². The first kappa shape index (κ1) is 18.3. The highest BCUT2D eigenvalue weighted by Gasteiger charge is 2.17. The number of aryl methyl sites for hydroxylation is 2. The summed E-state index contributed by atoms with van der Waals surface area (Å²) in [6.07, 6.45) is 1.79. The summed E-state index contributed by atoms with van der Waals surface area (Å²) in [7, 11) is 0. The fraction of sp³-hybridized carbons (Fsp3) is 0.389. The Morgan fingerprint density at radius 1 is 1.19 bits per heavy atom. The van der Waals surface area contributed by atoms with E-state index in [1.165, 1.54) is 0 Å². The van der Waals surface area contributed by atoms with Crippen molar-refractivity contribution in [2.45, 2.75) is 46.3 Å². The highest BCUT2D eigenvalue weighted by Crippen LogP contribution is 2.21. The van der Waals surface area contributed by atoms with Crippen LogP contribution in [0.3, 0.4) is 0 Å². The third kappa shape index (κ3) is 3.39. The molecule has 0 amide bonds. The average Bonchev–Trinajstić information content (AvgIpc) is 2.99. The van der Waals surface area contributed by atoms with Crippen molar-refractivity contribution in [3.8, 4) is 0 Å². The highest BCUT2D eigenvalue weighted by atomic mass is 35.5. The number of H-pyrrole nitrogens is 1. The van der Waals surface area contributed by atoms with E-state index >= 15 is 0 Å². The van der Waals surface area contributed by atoms with Crippen LogP contribution in [0.1, 0.15) is 32.5 Å². The van der Waals surface area contributed by atoms with Gasteiger partial charge in [-0.1, -0.05) is 37.1 Å². The number of nitrogens with zero attached hydrogens (tertiary/aromatic N) is 3. The molecule has 0 saturated carbocycles. The summed E-state index contributed by atoms with van der Waals surface area (Å²) < 4.78 is 3.38. The quantitative estimate of drug-likeness (QED) is 0.664.